The van der Waals surface area contributed by atoms with Gasteiger partial charge >= 0.3 is 0 Å². The van der Waals surface area contributed by atoms with Crippen molar-refractivity contribution in [2.75, 3.05) is 0 Å². The summed E-state index contributed by atoms with van der Waals surface area (Å²) < 4.78 is 2.41. The van der Waals surface area contributed by atoms with Crippen molar-refractivity contribution >= 4 is 65.3 Å². The second-order valence-electron chi connectivity index (χ2n) is 15.2. The van der Waals surface area contributed by atoms with E-state index in [2.05, 4.69) is 193 Å². The molecule has 0 saturated heterocycles. The molecule has 0 aliphatic heterocycles. The zero-order valence-electron chi connectivity index (χ0n) is 31.9. The van der Waals surface area contributed by atoms with Gasteiger partial charge < -0.3 is 4.57 Å². The highest BCUT2D eigenvalue weighted by Gasteiger charge is 2.20. The van der Waals surface area contributed by atoms with Gasteiger partial charge in [0.2, 0.25) is 0 Å². The van der Waals surface area contributed by atoms with E-state index in [0.29, 0.717) is 0 Å². The van der Waals surface area contributed by atoms with E-state index in [1.54, 1.807) is 0 Å². The molecule has 0 aliphatic carbocycles. The molecule has 0 atom stereocenters. The number of hydrogen-bond acceptors (Lipinski definition) is 3. The van der Waals surface area contributed by atoms with E-state index in [-0.39, 0.29) is 0 Å². The zero-order valence-corrected chi connectivity index (χ0v) is 31.9. The lowest BCUT2D eigenvalue weighted by atomic mass is 9.95. The number of rotatable bonds is 5. The SMILES string of the molecule is c1ccc(-c2ccc3ccc4ccc(-c5ccc(-c6ccc7c8c9c(-c%10ccccc%10)nc%10ccccc%10c9ccc8n(-c8ccccc8)c7c6)cc5)nc4c3n2)cc1. The van der Waals surface area contributed by atoms with Gasteiger partial charge in [-0.1, -0.05) is 164 Å². The highest BCUT2D eigenvalue weighted by Crippen LogP contribution is 2.43. The van der Waals surface area contributed by atoms with E-state index in [0.717, 1.165) is 94.3 Å². The molecule has 0 radical (unpaired) electrons. The first-order valence-electron chi connectivity index (χ1n) is 20.0. The van der Waals surface area contributed by atoms with Gasteiger partial charge in [-0.15, -0.1) is 0 Å². The summed E-state index contributed by atoms with van der Waals surface area (Å²) in [5, 5.41) is 8.09. The summed E-state index contributed by atoms with van der Waals surface area (Å²) in [4.78, 5) is 15.7. The summed E-state index contributed by atoms with van der Waals surface area (Å²) >= 11 is 0. The summed E-state index contributed by atoms with van der Waals surface area (Å²) in [6, 6.07) is 73.2. The van der Waals surface area contributed by atoms with Crippen LogP contribution < -0.4 is 0 Å². The number of benzene rings is 8. The Balaban J connectivity index is 1.01. The molecule has 12 rings (SSSR count). The molecule has 0 unspecified atom stereocenters. The topological polar surface area (TPSA) is 43.6 Å². The van der Waals surface area contributed by atoms with Gasteiger partial charge in [0, 0.05) is 54.7 Å². The smallest absolute Gasteiger partial charge is 0.0972 e. The van der Waals surface area contributed by atoms with Gasteiger partial charge in [-0.2, -0.15) is 0 Å². The molecule has 12 aromatic rings. The monoisotopic (exact) mass is 750 g/mol. The fraction of sp³-hybridized carbons (Fsp3) is 0. The van der Waals surface area contributed by atoms with E-state index in [4.69, 9.17) is 15.0 Å². The highest BCUT2D eigenvalue weighted by atomic mass is 15.0. The van der Waals surface area contributed by atoms with Crippen molar-refractivity contribution in [3.8, 4) is 50.6 Å². The largest absolute Gasteiger partial charge is 0.309 e. The summed E-state index contributed by atoms with van der Waals surface area (Å²) in [5.74, 6) is 0. The van der Waals surface area contributed by atoms with Gasteiger partial charge in [-0.05, 0) is 59.0 Å². The Morgan fingerprint density at radius 3 is 1.56 bits per heavy atom. The Bertz CT molecular complexity index is 3580. The zero-order chi connectivity index (χ0) is 38.9. The Morgan fingerprint density at radius 2 is 0.864 bits per heavy atom. The summed E-state index contributed by atoms with van der Waals surface area (Å²) in [6.45, 7) is 0. The van der Waals surface area contributed by atoms with Crippen LogP contribution in [0.15, 0.2) is 206 Å². The van der Waals surface area contributed by atoms with Crippen LogP contribution in [0.4, 0.5) is 0 Å². The molecule has 8 aromatic carbocycles. The molecule has 4 heteroatoms. The highest BCUT2D eigenvalue weighted by molar-refractivity contribution is 6.28. The first-order chi connectivity index (χ1) is 29.2. The summed E-state index contributed by atoms with van der Waals surface area (Å²) in [6.07, 6.45) is 0. The molecule has 0 spiro atoms. The number of hydrogen-bond donors (Lipinski definition) is 0. The molecule has 4 heterocycles. The fourth-order valence-corrected chi connectivity index (χ4v) is 8.93. The molecule has 274 valence electrons. The first-order valence-corrected chi connectivity index (χ1v) is 20.0. The normalized spacial score (nSPS) is 11.7. The maximum absolute atomic E-state index is 5.34. The van der Waals surface area contributed by atoms with Crippen LogP contribution >= 0.6 is 0 Å². The number of aromatic nitrogens is 4. The molecule has 4 nitrogen and oxygen atoms in total. The van der Waals surface area contributed by atoms with Crippen LogP contribution in [-0.4, -0.2) is 19.5 Å². The molecular weight excluding hydrogens is 717 g/mol. The van der Waals surface area contributed by atoms with Crippen LogP contribution in [0.25, 0.3) is 116 Å². The summed E-state index contributed by atoms with van der Waals surface area (Å²) in [5.41, 5.74) is 14.7. The lowest BCUT2D eigenvalue weighted by Crippen LogP contribution is -1.94. The fourth-order valence-electron chi connectivity index (χ4n) is 8.93. The quantitative estimate of drug-likeness (QED) is 0.165. The van der Waals surface area contributed by atoms with Gasteiger partial charge in [0.25, 0.3) is 0 Å². The van der Waals surface area contributed by atoms with Crippen LogP contribution in [0.5, 0.6) is 0 Å². The van der Waals surface area contributed by atoms with Crippen LogP contribution in [0.3, 0.4) is 0 Å². The molecule has 59 heavy (non-hydrogen) atoms. The summed E-state index contributed by atoms with van der Waals surface area (Å²) in [7, 11) is 0. The molecule has 0 saturated carbocycles. The predicted octanol–water partition coefficient (Wildman–Crippen LogP) is 14.2. The maximum Gasteiger partial charge on any atom is 0.0972 e. The van der Waals surface area contributed by atoms with E-state index in [1.165, 1.54) is 21.5 Å². The van der Waals surface area contributed by atoms with E-state index >= 15 is 0 Å². The Morgan fingerprint density at radius 1 is 0.322 bits per heavy atom. The third-order valence-corrected chi connectivity index (χ3v) is 11.8. The minimum absolute atomic E-state index is 0.909. The minimum atomic E-state index is 0.909. The standard InChI is InChI=1S/C55H34N4/c1-4-12-36(13-5-1)46-31-27-39-24-25-40-28-32-47(57-55(40)54(39)56-46)37-22-20-35(21-23-37)41-26-29-45-50(34-41)59(42-16-8-3-9-17-42)49-33-30-44-43-18-10-11-19-48(43)58-53(52(44)51(45)49)38-14-6-2-7-15-38/h1-34H. The maximum atomic E-state index is 5.34. The number of pyridine rings is 3. The first kappa shape index (κ1) is 33.2. The second-order valence-corrected chi connectivity index (χ2v) is 15.2. The predicted molar refractivity (Wildman–Crippen MR) is 246 cm³/mol. The molecule has 0 amide bonds. The van der Waals surface area contributed by atoms with Crippen LogP contribution in [0.1, 0.15) is 0 Å². The Hall–Kier alpha value is -7.95. The van der Waals surface area contributed by atoms with Crippen molar-refractivity contribution in [2.24, 2.45) is 0 Å². The van der Waals surface area contributed by atoms with Gasteiger partial charge in [0.15, 0.2) is 0 Å². The van der Waals surface area contributed by atoms with E-state index in [1.807, 2.05) is 18.2 Å². The van der Waals surface area contributed by atoms with Crippen LogP contribution in [0, 0.1) is 0 Å². The molecule has 0 bridgehead atoms. The van der Waals surface area contributed by atoms with Crippen LogP contribution in [0.2, 0.25) is 0 Å². The number of fused-ring (bicyclic) bond motifs is 10. The lowest BCUT2D eigenvalue weighted by molar-refractivity contribution is 1.18. The van der Waals surface area contributed by atoms with Crippen molar-refractivity contribution in [1.29, 1.82) is 0 Å². The average Bonchev–Trinajstić information content (AvgIpc) is 3.65. The Labute approximate surface area is 340 Å². The minimum Gasteiger partial charge on any atom is -0.309 e. The lowest BCUT2D eigenvalue weighted by Gasteiger charge is -2.12. The van der Waals surface area contributed by atoms with E-state index in [9.17, 15) is 0 Å². The van der Waals surface area contributed by atoms with Gasteiger partial charge in [0.1, 0.15) is 0 Å². The third kappa shape index (κ3) is 5.42. The van der Waals surface area contributed by atoms with Gasteiger partial charge in [0.05, 0.1) is 44.7 Å². The second kappa shape index (κ2) is 13.3. The average molecular weight is 751 g/mol. The van der Waals surface area contributed by atoms with Gasteiger partial charge in [-0.3, -0.25) is 0 Å². The van der Waals surface area contributed by atoms with Crippen LogP contribution in [-0.2, 0) is 0 Å². The third-order valence-electron chi connectivity index (χ3n) is 11.8. The molecule has 0 N–H and O–H groups in total. The number of nitrogens with zero attached hydrogens (tertiary/aromatic N) is 4. The molecule has 4 aromatic heterocycles. The van der Waals surface area contributed by atoms with Crippen molar-refractivity contribution in [3.05, 3.63) is 206 Å². The Kier molecular flexibility index (Phi) is 7.50. The van der Waals surface area contributed by atoms with Crippen molar-refractivity contribution < 1.29 is 0 Å². The molecule has 0 fully saturated rings. The van der Waals surface area contributed by atoms with E-state index < -0.39 is 0 Å². The van der Waals surface area contributed by atoms with Crippen molar-refractivity contribution in [3.63, 3.8) is 0 Å². The van der Waals surface area contributed by atoms with Crippen molar-refractivity contribution in [2.45, 2.75) is 0 Å². The van der Waals surface area contributed by atoms with Gasteiger partial charge in [-0.25, -0.2) is 15.0 Å². The molecule has 0 aliphatic rings. The van der Waals surface area contributed by atoms with Crippen molar-refractivity contribution in [1.82, 2.24) is 19.5 Å². The number of para-hydroxylation sites is 2. The molecular formula is C55H34N4.